The van der Waals surface area contributed by atoms with E-state index in [4.69, 9.17) is 14.6 Å². The summed E-state index contributed by atoms with van der Waals surface area (Å²) in [4.78, 5) is 14.6. The van der Waals surface area contributed by atoms with E-state index in [9.17, 15) is 4.79 Å². The minimum Gasteiger partial charge on any atom is -0.497 e. The van der Waals surface area contributed by atoms with Crippen LogP contribution in [0.4, 0.5) is 0 Å². The molecule has 5 heteroatoms. The largest absolute Gasteiger partial charge is 0.497 e. The predicted molar refractivity (Wildman–Crippen MR) is 78.2 cm³/mol. The molecule has 2 aromatic rings. The van der Waals surface area contributed by atoms with Crippen LogP contribution in [0.3, 0.4) is 0 Å². The minimum atomic E-state index is -1.01. The smallest absolute Gasteiger partial charge is 0.328 e. The summed E-state index contributed by atoms with van der Waals surface area (Å²) in [5.41, 5.74) is 1.65. The molecule has 21 heavy (non-hydrogen) atoms. The number of nitrogens with zero attached hydrogens (tertiary/aromatic N) is 1. The standard InChI is InChI=1S/C16H15NO4/c1-20-14-4-2-13(3-5-16(18)19)15(10-14)21-11-12-6-8-17-9-7-12/h2-10H,11H2,1H3,(H,18,19)/b5-3+. The van der Waals surface area contributed by atoms with Crippen molar-refractivity contribution >= 4 is 12.0 Å². The quantitative estimate of drug-likeness (QED) is 0.826. The number of aromatic nitrogens is 1. The summed E-state index contributed by atoms with van der Waals surface area (Å²) >= 11 is 0. The molecule has 5 nitrogen and oxygen atoms in total. The third-order valence-corrected chi connectivity index (χ3v) is 2.77. The summed E-state index contributed by atoms with van der Waals surface area (Å²) < 4.78 is 10.9. The number of benzene rings is 1. The van der Waals surface area contributed by atoms with Crippen molar-refractivity contribution in [2.75, 3.05) is 7.11 Å². The van der Waals surface area contributed by atoms with Crippen LogP contribution in [0.1, 0.15) is 11.1 Å². The molecule has 0 spiro atoms. The van der Waals surface area contributed by atoms with Crippen molar-refractivity contribution in [1.29, 1.82) is 0 Å². The van der Waals surface area contributed by atoms with Crippen LogP contribution >= 0.6 is 0 Å². The molecule has 0 aliphatic carbocycles. The van der Waals surface area contributed by atoms with E-state index >= 15 is 0 Å². The van der Waals surface area contributed by atoms with Gasteiger partial charge in [-0.05, 0) is 35.9 Å². The fourth-order valence-electron chi connectivity index (χ4n) is 1.71. The summed E-state index contributed by atoms with van der Waals surface area (Å²) in [6.45, 7) is 0.365. The maximum Gasteiger partial charge on any atom is 0.328 e. The van der Waals surface area contributed by atoms with Crippen LogP contribution in [0.25, 0.3) is 6.08 Å². The highest BCUT2D eigenvalue weighted by molar-refractivity contribution is 5.86. The Kier molecular flexibility index (Phi) is 4.93. The van der Waals surface area contributed by atoms with Crippen molar-refractivity contribution in [1.82, 2.24) is 4.98 Å². The highest BCUT2D eigenvalue weighted by Crippen LogP contribution is 2.26. The predicted octanol–water partition coefficient (Wildman–Crippen LogP) is 2.77. The Balaban J connectivity index is 2.20. The lowest BCUT2D eigenvalue weighted by atomic mass is 10.1. The van der Waals surface area contributed by atoms with Crippen LogP contribution in [0, 0.1) is 0 Å². The van der Waals surface area contributed by atoms with Crippen LogP contribution in [0.5, 0.6) is 11.5 Å². The average Bonchev–Trinajstić information content (AvgIpc) is 2.52. The second-order valence-corrected chi connectivity index (χ2v) is 4.22. The summed E-state index contributed by atoms with van der Waals surface area (Å²) in [7, 11) is 1.56. The van der Waals surface area contributed by atoms with Gasteiger partial charge in [0.05, 0.1) is 7.11 Å². The number of carboxylic acid groups (broad SMARTS) is 1. The second-order valence-electron chi connectivity index (χ2n) is 4.22. The molecular weight excluding hydrogens is 270 g/mol. The van der Waals surface area contributed by atoms with Crippen molar-refractivity contribution in [3.05, 3.63) is 59.9 Å². The van der Waals surface area contributed by atoms with Crippen molar-refractivity contribution < 1.29 is 19.4 Å². The lowest BCUT2D eigenvalue weighted by Gasteiger charge is -2.11. The molecular formula is C16H15NO4. The number of hydrogen-bond acceptors (Lipinski definition) is 4. The maximum atomic E-state index is 10.6. The molecule has 0 bridgehead atoms. The second kappa shape index (κ2) is 7.09. The lowest BCUT2D eigenvalue weighted by Crippen LogP contribution is -1.98. The Morgan fingerprint density at radius 1 is 1.29 bits per heavy atom. The summed E-state index contributed by atoms with van der Waals surface area (Å²) in [6.07, 6.45) is 5.94. The number of carboxylic acids is 1. The van der Waals surface area contributed by atoms with Crippen LogP contribution in [0.2, 0.25) is 0 Å². The molecule has 0 radical (unpaired) electrons. The first-order valence-electron chi connectivity index (χ1n) is 6.30. The number of rotatable bonds is 6. The Bertz CT molecular complexity index is 638. The van der Waals surface area contributed by atoms with Gasteiger partial charge in [0.2, 0.25) is 0 Å². The highest BCUT2D eigenvalue weighted by Gasteiger charge is 2.05. The molecule has 108 valence electrons. The minimum absolute atomic E-state index is 0.365. The molecule has 2 rings (SSSR count). The molecule has 1 heterocycles. The third-order valence-electron chi connectivity index (χ3n) is 2.77. The third kappa shape index (κ3) is 4.35. The fraction of sp³-hybridized carbons (Fsp3) is 0.125. The summed E-state index contributed by atoms with van der Waals surface area (Å²) in [5, 5.41) is 8.72. The maximum absolute atomic E-state index is 10.6. The number of aliphatic carboxylic acids is 1. The van der Waals surface area contributed by atoms with Gasteiger partial charge in [0.1, 0.15) is 18.1 Å². The van der Waals surface area contributed by atoms with Gasteiger partial charge >= 0.3 is 5.97 Å². The first-order valence-corrected chi connectivity index (χ1v) is 6.30. The SMILES string of the molecule is COc1ccc(/C=C/C(=O)O)c(OCc2ccncc2)c1. The van der Waals surface area contributed by atoms with Crippen molar-refractivity contribution in [3.63, 3.8) is 0 Å². The van der Waals surface area contributed by atoms with Crippen LogP contribution in [0.15, 0.2) is 48.8 Å². The highest BCUT2D eigenvalue weighted by atomic mass is 16.5. The van der Waals surface area contributed by atoms with E-state index in [0.717, 1.165) is 11.6 Å². The molecule has 0 fully saturated rings. The molecule has 0 atom stereocenters. The Labute approximate surface area is 122 Å². The Morgan fingerprint density at radius 3 is 2.71 bits per heavy atom. The number of carbonyl (C=O) groups is 1. The van der Waals surface area contributed by atoms with Gasteiger partial charge in [-0.1, -0.05) is 0 Å². The van der Waals surface area contributed by atoms with Gasteiger partial charge in [-0.15, -0.1) is 0 Å². The number of hydrogen-bond donors (Lipinski definition) is 1. The molecule has 0 aliphatic rings. The zero-order valence-corrected chi connectivity index (χ0v) is 11.5. The Hall–Kier alpha value is -2.82. The zero-order chi connectivity index (χ0) is 15.1. The fourth-order valence-corrected chi connectivity index (χ4v) is 1.71. The molecule has 1 aromatic carbocycles. The van der Waals surface area contributed by atoms with Gasteiger partial charge in [0, 0.05) is 30.1 Å². The zero-order valence-electron chi connectivity index (χ0n) is 11.5. The topological polar surface area (TPSA) is 68.7 Å². The van der Waals surface area contributed by atoms with E-state index < -0.39 is 5.97 Å². The first kappa shape index (κ1) is 14.6. The van der Waals surface area contributed by atoms with Crippen molar-refractivity contribution in [2.45, 2.75) is 6.61 Å². The van der Waals surface area contributed by atoms with Gasteiger partial charge < -0.3 is 14.6 Å². The molecule has 0 saturated heterocycles. The number of methoxy groups -OCH3 is 1. The van der Waals surface area contributed by atoms with E-state index in [1.165, 1.54) is 6.08 Å². The normalized spacial score (nSPS) is 10.5. The average molecular weight is 285 g/mol. The summed E-state index contributed by atoms with van der Waals surface area (Å²) in [5.74, 6) is 0.196. The van der Waals surface area contributed by atoms with Crippen LogP contribution < -0.4 is 9.47 Å². The van der Waals surface area contributed by atoms with Crippen LogP contribution in [-0.4, -0.2) is 23.2 Å². The van der Waals surface area contributed by atoms with Gasteiger partial charge in [0.15, 0.2) is 0 Å². The van der Waals surface area contributed by atoms with E-state index in [2.05, 4.69) is 4.98 Å². The molecule has 1 N–H and O–H groups in total. The molecule has 0 aliphatic heterocycles. The molecule has 0 unspecified atom stereocenters. The van der Waals surface area contributed by atoms with Crippen LogP contribution in [-0.2, 0) is 11.4 Å². The van der Waals surface area contributed by atoms with Gasteiger partial charge in [-0.3, -0.25) is 4.98 Å². The molecule has 1 aromatic heterocycles. The monoisotopic (exact) mass is 285 g/mol. The van der Waals surface area contributed by atoms with E-state index in [0.29, 0.717) is 23.7 Å². The van der Waals surface area contributed by atoms with E-state index in [1.807, 2.05) is 12.1 Å². The van der Waals surface area contributed by atoms with E-state index in [-0.39, 0.29) is 0 Å². The lowest BCUT2D eigenvalue weighted by molar-refractivity contribution is -0.131. The first-order chi connectivity index (χ1) is 10.2. The molecule has 0 saturated carbocycles. The van der Waals surface area contributed by atoms with Gasteiger partial charge in [0.25, 0.3) is 0 Å². The number of pyridine rings is 1. The van der Waals surface area contributed by atoms with Crippen molar-refractivity contribution in [3.8, 4) is 11.5 Å². The number of ether oxygens (including phenoxy) is 2. The summed E-state index contributed by atoms with van der Waals surface area (Å²) in [6, 6.07) is 8.93. The van der Waals surface area contributed by atoms with Gasteiger partial charge in [-0.2, -0.15) is 0 Å². The van der Waals surface area contributed by atoms with Gasteiger partial charge in [-0.25, -0.2) is 4.79 Å². The molecule has 0 amide bonds. The Morgan fingerprint density at radius 2 is 2.05 bits per heavy atom. The van der Waals surface area contributed by atoms with E-state index in [1.54, 1.807) is 37.7 Å². The van der Waals surface area contributed by atoms with Crippen molar-refractivity contribution in [2.24, 2.45) is 0 Å².